The van der Waals surface area contributed by atoms with E-state index in [2.05, 4.69) is 10.6 Å². The van der Waals surface area contributed by atoms with Gasteiger partial charge in [-0.3, -0.25) is 14.4 Å². The van der Waals surface area contributed by atoms with Crippen molar-refractivity contribution in [1.82, 2.24) is 15.5 Å². The number of ether oxygens (including phenoxy) is 1. The van der Waals surface area contributed by atoms with Crippen LogP contribution in [-0.2, 0) is 25.7 Å². The molecule has 0 aliphatic carbocycles. The van der Waals surface area contributed by atoms with Gasteiger partial charge in [0.15, 0.2) is 0 Å². The molecule has 2 unspecified atom stereocenters. The molecule has 0 saturated carbocycles. The Labute approximate surface area is 220 Å². The van der Waals surface area contributed by atoms with E-state index >= 15 is 0 Å². The summed E-state index contributed by atoms with van der Waals surface area (Å²) < 4.78 is 6.78. The van der Waals surface area contributed by atoms with Crippen LogP contribution in [0, 0.1) is 11.8 Å². The van der Waals surface area contributed by atoms with Gasteiger partial charge >= 0.3 is 0 Å². The van der Waals surface area contributed by atoms with E-state index in [9.17, 15) is 14.4 Å². The van der Waals surface area contributed by atoms with Crippen molar-refractivity contribution >= 4 is 17.7 Å². The number of carbonyl (C=O) groups is 3. The molecule has 0 aromatic heterocycles. The van der Waals surface area contributed by atoms with E-state index in [4.69, 9.17) is 9.84 Å². The van der Waals surface area contributed by atoms with Gasteiger partial charge in [0.25, 0.3) is 0 Å². The van der Waals surface area contributed by atoms with Crippen molar-refractivity contribution < 1.29 is 24.2 Å². The van der Waals surface area contributed by atoms with E-state index < -0.39 is 34.6 Å². The molecule has 3 aliphatic heterocycles. The molecule has 4 rings (SSSR count). The second-order valence-corrected chi connectivity index (χ2v) is 11.9. The Kier molecular flexibility index (Phi) is 8.00. The van der Waals surface area contributed by atoms with Crippen molar-refractivity contribution in [2.24, 2.45) is 11.8 Å². The first-order chi connectivity index (χ1) is 17.6. The molecule has 5 atom stereocenters. The Balaban J connectivity index is 1.63. The number of rotatable bonds is 11. The van der Waals surface area contributed by atoms with E-state index in [1.807, 2.05) is 58.0 Å². The highest BCUT2D eigenvalue weighted by molar-refractivity contribution is 5.99. The zero-order valence-corrected chi connectivity index (χ0v) is 22.7. The number of nitrogens with zero attached hydrogens (tertiary/aromatic N) is 1. The number of unbranched alkanes of at least 4 members (excludes halogenated alkanes) is 3. The Morgan fingerprint density at radius 3 is 2.43 bits per heavy atom. The van der Waals surface area contributed by atoms with E-state index in [0.717, 1.165) is 31.2 Å². The van der Waals surface area contributed by atoms with Crippen molar-refractivity contribution in [1.29, 1.82) is 0 Å². The Hall–Kier alpha value is -2.45. The van der Waals surface area contributed by atoms with Crippen molar-refractivity contribution in [2.45, 2.75) is 102 Å². The predicted molar refractivity (Wildman–Crippen MR) is 140 cm³/mol. The summed E-state index contributed by atoms with van der Waals surface area (Å²) in [6, 6.07) is 8.96. The fraction of sp³-hybridized carbons (Fsp3) is 0.690. The summed E-state index contributed by atoms with van der Waals surface area (Å²) in [5, 5.41) is 15.2. The largest absolute Gasteiger partial charge is 0.396 e. The van der Waals surface area contributed by atoms with Crippen LogP contribution in [0.25, 0.3) is 0 Å². The fourth-order valence-corrected chi connectivity index (χ4v) is 6.74. The molecule has 3 saturated heterocycles. The SMILES string of the molecule is CC[C@@]12CCC3(O1)C(C(=O)NC(C)(C)C)N(CCCCCCO)C(=O)[C@@H]3[C@@H]2C(=O)NCc1ccccc1. The second kappa shape index (κ2) is 10.7. The average molecular weight is 514 g/mol. The molecule has 2 bridgehead atoms. The normalized spacial score (nSPS) is 30.5. The molecule has 3 heterocycles. The lowest BCUT2D eigenvalue weighted by molar-refractivity contribution is -0.148. The highest BCUT2D eigenvalue weighted by atomic mass is 16.5. The molecule has 37 heavy (non-hydrogen) atoms. The summed E-state index contributed by atoms with van der Waals surface area (Å²) in [7, 11) is 0. The van der Waals surface area contributed by atoms with Gasteiger partial charge in [0.1, 0.15) is 11.6 Å². The molecular weight excluding hydrogens is 470 g/mol. The number of hydrogen-bond donors (Lipinski definition) is 3. The summed E-state index contributed by atoms with van der Waals surface area (Å²) >= 11 is 0. The molecular formula is C29H43N3O5. The zero-order chi connectivity index (χ0) is 26.8. The molecule has 8 heteroatoms. The second-order valence-electron chi connectivity index (χ2n) is 11.9. The van der Waals surface area contributed by atoms with E-state index in [1.165, 1.54) is 0 Å². The van der Waals surface area contributed by atoms with Gasteiger partial charge in [-0.05, 0) is 58.4 Å². The van der Waals surface area contributed by atoms with E-state index in [-0.39, 0.29) is 24.3 Å². The number of benzene rings is 1. The van der Waals surface area contributed by atoms with Crippen LogP contribution in [0.15, 0.2) is 30.3 Å². The van der Waals surface area contributed by atoms with Gasteiger partial charge in [0, 0.05) is 25.2 Å². The molecule has 3 fully saturated rings. The molecule has 3 N–H and O–H groups in total. The average Bonchev–Trinajstić information content (AvgIpc) is 3.45. The van der Waals surface area contributed by atoms with Crippen LogP contribution in [-0.4, -0.2) is 63.7 Å². The minimum atomic E-state index is -0.998. The van der Waals surface area contributed by atoms with Gasteiger partial charge in [-0.2, -0.15) is 0 Å². The number of carbonyl (C=O) groups excluding carboxylic acids is 3. The quantitative estimate of drug-likeness (QED) is 0.395. The first-order valence-corrected chi connectivity index (χ1v) is 13.8. The summed E-state index contributed by atoms with van der Waals surface area (Å²) in [6.45, 7) is 8.75. The van der Waals surface area contributed by atoms with Crippen LogP contribution in [0.5, 0.6) is 0 Å². The maximum Gasteiger partial charge on any atom is 0.246 e. The molecule has 3 aliphatic rings. The van der Waals surface area contributed by atoms with Crippen LogP contribution in [0.4, 0.5) is 0 Å². The smallest absolute Gasteiger partial charge is 0.246 e. The van der Waals surface area contributed by atoms with Gasteiger partial charge < -0.3 is 25.4 Å². The van der Waals surface area contributed by atoms with Crippen molar-refractivity contribution in [3.05, 3.63) is 35.9 Å². The minimum Gasteiger partial charge on any atom is -0.396 e. The highest BCUT2D eigenvalue weighted by Crippen LogP contribution is 2.64. The molecule has 204 valence electrons. The molecule has 8 nitrogen and oxygen atoms in total. The predicted octanol–water partition coefficient (Wildman–Crippen LogP) is 2.93. The lowest BCUT2D eigenvalue weighted by Crippen LogP contribution is -2.58. The highest BCUT2D eigenvalue weighted by Gasteiger charge is 2.78. The lowest BCUT2D eigenvalue weighted by atomic mass is 9.65. The molecule has 1 spiro atoms. The minimum absolute atomic E-state index is 0.147. The third-order valence-corrected chi connectivity index (χ3v) is 8.33. The number of amides is 3. The summed E-state index contributed by atoms with van der Waals surface area (Å²) in [6.07, 6.45) is 5.03. The molecule has 0 radical (unpaired) electrons. The van der Waals surface area contributed by atoms with Crippen LogP contribution in [0.2, 0.25) is 0 Å². The van der Waals surface area contributed by atoms with Gasteiger partial charge in [-0.1, -0.05) is 50.1 Å². The maximum atomic E-state index is 14.1. The van der Waals surface area contributed by atoms with Crippen LogP contribution < -0.4 is 10.6 Å². The third kappa shape index (κ3) is 5.15. The lowest BCUT2D eigenvalue weighted by Gasteiger charge is -2.35. The fourth-order valence-electron chi connectivity index (χ4n) is 6.74. The van der Waals surface area contributed by atoms with Crippen LogP contribution in [0.3, 0.4) is 0 Å². The first-order valence-electron chi connectivity index (χ1n) is 13.8. The van der Waals surface area contributed by atoms with Crippen LogP contribution >= 0.6 is 0 Å². The number of likely N-dealkylation sites (tertiary alicyclic amines) is 1. The monoisotopic (exact) mass is 513 g/mol. The summed E-state index contributed by atoms with van der Waals surface area (Å²) in [5.74, 6) is -1.84. The van der Waals surface area contributed by atoms with Gasteiger partial charge in [-0.25, -0.2) is 0 Å². The number of fused-ring (bicyclic) bond motifs is 1. The Bertz CT molecular complexity index is 993. The Morgan fingerprint density at radius 1 is 1.08 bits per heavy atom. The van der Waals surface area contributed by atoms with E-state index in [0.29, 0.717) is 32.4 Å². The van der Waals surface area contributed by atoms with Crippen molar-refractivity contribution in [2.75, 3.05) is 13.2 Å². The molecule has 1 aromatic rings. The Morgan fingerprint density at radius 2 is 1.78 bits per heavy atom. The van der Waals surface area contributed by atoms with Gasteiger partial charge in [-0.15, -0.1) is 0 Å². The zero-order valence-electron chi connectivity index (χ0n) is 22.7. The number of aliphatic hydroxyl groups is 1. The number of hydrogen-bond acceptors (Lipinski definition) is 5. The van der Waals surface area contributed by atoms with Gasteiger partial charge in [0.2, 0.25) is 17.7 Å². The van der Waals surface area contributed by atoms with Gasteiger partial charge in [0.05, 0.1) is 17.4 Å². The van der Waals surface area contributed by atoms with Crippen molar-refractivity contribution in [3.8, 4) is 0 Å². The summed E-state index contributed by atoms with van der Waals surface area (Å²) in [5.41, 5.74) is -1.21. The molecule has 3 amide bonds. The van der Waals surface area contributed by atoms with E-state index in [1.54, 1.807) is 4.90 Å². The number of aliphatic hydroxyl groups excluding tert-OH is 1. The first kappa shape index (κ1) is 27.6. The summed E-state index contributed by atoms with van der Waals surface area (Å²) in [4.78, 5) is 43.2. The maximum absolute atomic E-state index is 14.1. The topological polar surface area (TPSA) is 108 Å². The van der Waals surface area contributed by atoms with Crippen LogP contribution in [0.1, 0.15) is 78.2 Å². The molecule has 1 aromatic carbocycles. The third-order valence-electron chi connectivity index (χ3n) is 8.33. The number of nitrogens with one attached hydrogen (secondary N) is 2. The van der Waals surface area contributed by atoms with Crippen molar-refractivity contribution in [3.63, 3.8) is 0 Å². The standard InChI is InChI=1S/C29H43N3O5/c1-5-28-15-16-29(37-28)22(21(28)24(34)30-19-20-13-9-8-10-14-20)26(36)32(17-11-6-7-12-18-33)23(29)25(35)31-27(2,3)4/h8-10,13-14,21-23,33H,5-7,11-12,15-19H2,1-4H3,(H,30,34)(H,31,35)/t21-,22+,23?,28+,29?/m1/s1.